The van der Waals surface area contributed by atoms with Gasteiger partial charge in [0.05, 0.1) is 10.9 Å². The second-order valence-corrected chi connectivity index (χ2v) is 4.86. The number of thioether (sulfide) groups is 1. The molecule has 2 rings (SSSR count). The molecule has 0 atom stereocenters. The zero-order chi connectivity index (χ0) is 13.1. The number of nitrogens with zero attached hydrogens (tertiary/aromatic N) is 2. The summed E-state index contributed by atoms with van der Waals surface area (Å²) in [5.41, 5.74) is 0.291. The van der Waals surface area contributed by atoms with Crippen molar-refractivity contribution in [1.29, 1.82) is 0 Å². The minimum Gasteiger partial charge on any atom is -0.480 e. The summed E-state index contributed by atoms with van der Waals surface area (Å²) >= 11 is 1.36. The second kappa shape index (κ2) is 5.22. The zero-order valence-corrected chi connectivity index (χ0v) is 10.6. The van der Waals surface area contributed by atoms with E-state index in [1.807, 2.05) is 6.92 Å². The molecule has 1 aromatic heterocycles. The van der Waals surface area contributed by atoms with Gasteiger partial charge in [0.25, 0.3) is 5.56 Å². The summed E-state index contributed by atoms with van der Waals surface area (Å²) < 4.78 is 1.21. The van der Waals surface area contributed by atoms with Crippen LogP contribution in [0.25, 0.3) is 10.9 Å². The first kappa shape index (κ1) is 12.6. The number of hydrogen-bond donors (Lipinski definition) is 1. The molecule has 0 aliphatic heterocycles. The molecule has 0 radical (unpaired) electrons. The number of carbonyl (C=O) groups is 1. The third-order valence-electron chi connectivity index (χ3n) is 2.39. The Morgan fingerprint density at radius 3 is 2.83 bits per heavy atom. The van der Waals surface area contributed by atoms with Gasteiger partial charge in [0.2, 0.25) is 0 Å². The van der Waals surface area contributed by atoms with Crippen molar-refractivity contribution < 1.29 is 9.90 Å². The highest BCUT2D eigenvalue weighted by atomic mass is 32.2. The van der Waals surface area contributed by atoms with Gasteiger partial charge in [-0.15, -0.1) is 0 Å². The fourth-order valence-corrected chi connectivity index (χ4v) is 2.39. The van der Waals surface area contributed by atoms with Crippen molar-refractivity contribution in [3.8, 4) is 0 Å². The number of carboxylic acids is 1. The molecule has 1 aromatic carbocycles. The standard InChI is InChI=1S/C12H12N2O3S/c1-2-18-12-13-9-6-4-3-5-8(9)11(17)14(12)7-10(15)16/h3-6H,2,7H2,1H3,(H,15,16). The Labute approximate surface area is 107 Å². The third kappa shape index (κ3) is 2.38. The lowest BCUT2D eigenvalue weighted by Crippen LogP contribution is -2.26. The van der Waals surface area contributed by atoms with Crippen molar-refractivity contribution in [2.75, 3.05) is 5.75 Å². The number of fused-ring (bicyclic) bond motifs is 1. The summed E-state index contributed by atoms with van der Waals surface area (Å²) in [6, 6.07) is 6.95. The summed E-state index contributed by atoms with van der Waals surface area (Å²) in [4.78, 5) is 27.4. The van der Waals surface area contributed by atoms with E-state index in [0.29, 0.717) is 16.1 Å². The molecular weight excluding hydrogens is 252 g/mol. The molecule has 94 valence electrons. The number of carboxylic acid groups (broad SMARTS) is 1. The van der Waals surface area contributed by atoms with Crippen LogP contribution in [0.4, 0.5) is 0 Å². The molecule has 0 unspecified atom stereocenters. The Kier molecular flexibility index (Phi) is 3.66. The van der Waals surface area contributed by atoms with Crippen molar-refractivity contribution in [2.45, 2.75) is 18.6 Å². The molecule has 2 aromatic rings. The van der Waals surface area contributed by atoms with Crippen molar-refractivity contribution in [2.24, 2.45) is 0 Å². The van der Waals surface area contributed by atoms with Gasteiger partial charge in [-0.25, -0.2) is 4.98 Å². The topological polar surface area (TPSA) is 72.2 Å². The van der Waals surface area contributed by atoms with E-state index in [-0.39, 0.29) is 12.1 Å². The number of aliphatic carboxylic acids is 1. The summed E-state index contributed by atoms with van der Waals surface area (Å²) in [6.07, 6.45) is 0. The largest absolute Gasteiger partial charge is 0.480 e. The molecule has 0 amide bonds. The van der Waals surface area contributed by atoms with Gasteiger partial charge in [-0.2, -0.15) is 0 Å². The second-order valence-electron chi connectivity index (χ2n) is 3.63. The highest BCUT2D eigenvalue weighted by molar-refractivity contribution is 7.99. The monoisotopic (exact) mass is 264 g/mol. The SMILES string of the molecule is CCSc1nc2ccccc2c(=O)n1CC(=O)O. The lowest BCUT2D eigenvalue weighted by atomic mass is 10.2. The van der Waals surface area contributed by atoms with E-state index in [2.05, 4.69) is 4.98 Å². The van der Waals surface area contributed by atoms with Gasteiger partial charge in [-0.3, -0.25) is 14.2 Å². The maximum atomic E-state index is 12.2. The summed E-state index contributed by atoms with van der Waals surface area (Å²) in [6.45, 7) is 1.57. The van der Waals surface area contributed by atoms with Gasteiger partial charge in [0.1, 0.15) is 6.54 Å². The van der Waals surface area contributed by atoms with Crippen LogP contribution in [0, 0.1) is 0 Å². The lowest BCUT2D eigenvalue weighted by Gasteiger charge is -2.10. The maximum Gasteiger partial charge on any atom is 0.323 e. The molecule has 6 heteroatoms. The maximum absolute atomic E-state index is 12.2. The average molecular weight is 264 g/mol. The molecule has 0 spiro atoms. The van der Waals surface area contributed by atoms with Gasteiger partial charge >= 0.3 is 5.97 Å². The van der Waals surface area contributed by atoms with Gasteiger partial charge in [0, 0.05) is 0 Å². The van der Waals surface area contributed by atoms with Crippen molar-refractivity contribution in [1.82, 2.24) is 9.55 Å². The van der Waals surface area contributed by atoms with Gasteiger partial charge in [0.15, 0.2) is 5.16 Å². The smallest absolute Gasteiger partial charge is 0.323 e. The van der Waals surface area contributed by atoms with Crippen molar-refractivity contribution in [3.05, 3.63) is 34.6 Å². The number of benzene rings is 1. The number of hydrogen-bond acceptors (Lipinski definition) is 4. The van der Waals surface area contributed by atoms with E-state index in [0.717, 1.165) is 5.75 Å². The fraction of sp³-hybridized carbons (Fsp3) is 0.250. The Morgan fingerprint density at radius 1 is 1.44 bits per heavy atom. The molecule has 5 nitrogen and oxygen atoms in total. The van der Waals surface area contributed by atoms with Gasteiger partial charge < -0.3 is 5.11 Å². The van der Waals surface area contributed by atoms with Crippen LogP contribution in [0.15, 0.2) is 34.2 Å². The lowest BCUT2D eigenvalue weighted by molar-refractivity contribution is -0.137. The number of rotatable bonds is 4. The first-order valence-electron chi connectivity index (χ1n) is 5.47. The van der Waals surface area contributed by atoms with Gasteiger partial charge in [-0.1, -0.05) is 30.8 Å². The van der Waals surface area contributed by atoms with Crippen molar-refractivity contribution >= 4 is 28.6 Å². The number of para-hydroxylation sites is 1. The fourth-order valence-electron chi connectivity index (χ4n) is 1.66. The third-order valence-corrected chi connectivity index (χ3v) is 3.25. The Balaban J connectivity index is 2.71. The molecule has 1 heterocycles. The van der Waals surface area contributed by atoms with Crippen LogP contribution in [-0.4, -0.2) is 26.4 Å². The summed E-state index contributed by atoms with van der Waals surface area (Å²) in [7, 11) is 0. The molecule has 0 aliphatic rings. The normalized spacial score (nSPS) is 10.7. The van der Waals surface area contributed by atoms with Crippen LogP contribution >= 0.6 is 11.8 Å². The molecule has 0 fully saturated rings. The average Bonchev–Trinajstić information content (AvgIpc) is 2.34. The quantitative estimate of drug-likeness (QED) is 0.670. The van der Waals surface area contributed by atoms with E-state index in [1.165, 1.54) is 16.3 Å². The van der Waals surface area contributed by atoms with E-state index < -0.39 is 5.97 Å². The van der Waals surface area contributed by atoms with Crippen molar-refractivity contribution in [3.63, 3.8) is 0 Å². The van der Waals surface area contributed by atoms with Crippen LogP contribution in [0.5, 0.6) is 0 Å². The Hall–Kier alpha value is -1.82. The number of aromatic nitrogens is 2. The molecule has 0 bridgehead atoms. The van der Waals surface area contributed by atoms with Crippen LogP contribution in [0.1, 0.15) is 6.92 Å². The van der Waals surface area contributed by atoms with Crippen LogP contribution in [0.3, 0.4) is 0 Å². The highest BCUT2D eigenvalue weighted by Crippen LogP contribution is 2.17. The van der Waals surface area contributed by atoms with Gasteiger partial charge in [-0.05, 0) is 17.9 Å². The van der Waals surface area contributed by atoms with E-state index >= 15 is 0 Å². The molecule has 18 heavy (non-hydrogen) atoms. The molecule has 0 saturated heterocycles. The first-order chi connectivity index (χ1) is 8.63. The predicted octanol–water partition coefficient (Wildman–Crippen LogP) is 1.59. The van der Waals surface area contributed by atoms with Crippen LogP contribution in [0.2, 0.25) is 0 Å². The van der Waals surface area contributed by atoms with E-state index in [9.17, 15) is 9.59 Å². The summed E-state index contributed by atoms with van der Waals surface area (Å²) in [5.74, 6) is -0.322. The molecular formula is C12H12N2O3S. The molecule has 0 saturated carbocycles. The minimum atomic E-state index is -1.05. The van der Waals surface area contributed by atoms with Crippen LogP contribution in [-0.2, 0) is 11.3 Å². The first-order valence-corrected chi connectivity index (χ1v) is 6.46. The van der Waals surface area contributed by atoms with E-state index in [1.54, 1.807) is 24.3 Å². The molecule has 1 N–H and O–H groups in total. The summed E-state index contributed by atoms with van der Waals surface area (Å²) in [5, 5.41) is 9.75. The minimum absolute atomic E-state index is 0.307. The highest BCUT2D eigenvalue weighted by Gasteiger charge is 2.12. The predicted molar refractivity (Wildman–Crippen MR) is 70.0 cm³/mol. The Bertz CT molecular complexity index is 651. The van der Waals surface area contributed by atoms with Crippen LogP contribution < -0.4 is 5.56 Å². The van der Waals surface area contributed by atoms with E-state index in [4.69, 9.17) is 5.11 Å². The Morgan fingerprint density at radius 2 is 2.17 bits per heavy atom. The molecule has 0 aliphatic carbocycles. The zero-order valence-electron chi connectivity index (χ0n) is 9.79.